The Hall–Kier alpha value is -1.35. The number of ether oxygens (including phenoxy) is 1. The van der Waals surface area contributed by atoms with Crippen LogP contribution in [0.15, 0.2) is 30.3 Å². The van der Waals surface area contributed by atoms with E-state index >= 15 is 0 Å². The minimum Gasteiger partial charge on any atom is -0.466 e. The second kappa shape index (κ2) is 4.97. The Bertz CT molecular complexity index is 459. The van der Waals surface area contributed by atoms with Gasteiger partial charge in [-0.1, -0.05) is 30.3 Å². The van der Waals surface area contributed by atoms with Gasteiger partial charge in [0.05, 0.1) is 12.5 Å². The molecule has 3 rings (SSSR count). The van der Waals surface area contributed by atoms with Gasteiger partial charge in [-0.25, -0.2) is 0 Å². The van der Waals surface area contributed by atoms with Gasteiger partial charge in [-0.15, -0.1) is 0 Å². The third kappa shape index (κ3) is 2.52. The van der Waals surface area contributed by atoms with E-state index in [2.05, 4.69) is 29.2 Å². The van der Waals surface area contributed by atoms with Crippen molar-refractivity contribution in [3.05, 3.63) is 35.9 Å². The van der Waals surface area contributed by atoms with E-state index in [4.69, 9.17) is 4.74 Å². The SMILES string of the molecule is CCOC(=O)[C@@H]1C[C@]12CCN(Cc1ccccc1)C2. The number of rotatable bonds is 4. The lowest BCUT2D eigenvalue weighted by atomic mass is 10.0. The van der Waals surface area contributed by atoms with Crippen LogP contribution in [0.3, 0.4) is 0 Å². The molecule has 1 saturated heterocycles. The highest BCUT2D eigenvalue weighted by atomic mass is 16.5. The standard InChI is InChI=1S/C16H21NO2/c1-2-19-15(18)14-10-16(14)8-9-17(12-16)11-13-6-4-3-5-7-13/h3-7,14H,2,8-12H2,1H3/t14-,16-/m0/s1. The molecule has 2 atom stereocenters. The fraction of sp³-hybridized carbons (Fsp3) is 0.562. The molecule has 0 radical (unpaired) electrons. The first-order valence-electron chi connectivity index (χ1n) is 7.16. The highest BCUT2D eigenvalue weighted by molar-refractivity contribution is 5.77. The summed E-state index contributed by atoms with van der Waals surface area (Å²) in [5.74, 6) is 0.178. The van der Waals surface area contributed by atoms with E-state index in [0.717, 1.165) is 32.5 Å². The molecular weight excluding hydrogens is 238 g/mol. The molecular formula is C16H21NO2. The van der Waals surface area contributed by atoms with Crippen LogP contribution in [-0.2, 0) is 16.1 Å². The number of likely N-dealkylation sites (tertiary alicyclic amines) is 1. The highest BCUT2D eigenvalue weighted by Gasteiger charge is 2.61. The van der Waals surface area contributed by atoms with Gasteiger partial charge in [0.2, 0.25) is 0 Å². The quantitative estimate of drug-likeness (QED) is 0.778. The van der Waals surface area contributed by atoms with Crippen LogP contribution in [-0.4, -0.2) is 30.6 Å². The van der Waals surface area contributed by atoms with Crippen molar-refractivity contribution in [2.75, 3.05) is 19.7 Å². The molecule has 1 spiro atoms. The van der Waals surface area contributed by atoms with Gasteiger partial charge in [0, 0.05) is 13.1 Å². The van der Waals surface area contributed by atoms with Crippen LogP contribution >= 0.6 is 0 Å². The Morgan fingerprint density at radius 3 is 2.95 bits per heavy atom. The van der Waals surface area contributed by atoms with Gasteiger partial charge in [-0.05, 0) is 37.3 Å². The summed E-state index contributed by atoms with van der Waals surface area (Å²) in [6.07, 6.45) is 2.17. The molecule has 1 aliphatic carbocycles. The average molecular weight is 259 g/mol. The number of benzene rings is 1. The molecule has 19 heavy (non-hydrogen) atoms. The van der Waals surface area contributed by atoms with Crippen LogP contribution in [0.4, 0.5) is 0 Å². The molecule has 0 amide bonds. The zero-order chi connectivity index (χ0) is 13.3. The van der Waals surface area contributed by atoms with Gasteiger partial charge >= 0.3 is 5.97 Å². The van der Waals surface area contributed by atoms with Crippen molar-refractivity contribution in [1.29, 1.82) is 0 Å². The van der Waals surface area contributed by atoms with Crippen molar-refractivity contribution in [3.8, 4) is 0 Å². The van der Waals surface area contributed by atoms with Gasteiger partial charge in [0.1, 0.15) is 0 Å². The van der Waals surface area contributed by atoms with Crippen LogP contribution in [0.1, 0.15) is 25.3 Å². The van der Waals surface area contributed by atoms with E-state index in [-0.39, 0.29) is 17.3 Å². The monoisotopic (exact) mass is 259 g/mol. The smallest absolute Gasteiger partial charge is 0.309 e. The Morgan fingerprint density at radius 2 is 2.21 bits per heavy atom. The zero-order valence-electron chi connectivity index (χ0n) is 11.5. The summed E-state index contributed by atoms with van der Waals surface area (Å²) in [5.41, 5.74) is 1.59. The summed E-state index contributed by atoms with van der Waals surface area (Å²) in [4.78, 5) is 14.3. The molecule has 1 aromatic rings. The number of esters is 1. The third-order valence-corrected chi connectivity index (χ3v) is 4.47. The van der Waals surface area contributed by atoms with Crippen molar-refractivity contribution in [2.45, 2.75) is 26.3 Å². The molecule has 1 heterocycles. The molecule has 1 aliphatic heterocycles. The second-order valence-electron chi connectivity index (χ2n) is 5.82. The van der Waals surface area contributed by atoms with E-state index in [1.807, 2.05) is 13.0 Å². The molecule has 3 heteroatoms. The molecule has 0 unspecified atom stereocenters. The number of carbonyl (C=O) groups excluding carboxylic acids is 1. The van der Waals surface area contributed by atoms with Gasteiger partial charge in [-0.3, -0.25) is 9.69 Å². The number of nitrogens with zero attached hydrogens (tertiary/aromatic N) is 1. The number of hydrogen-bond acceptors (Lipinski definition) is 3. The van der Waals surface area contributed by atoms with E-state index in [1.165, 1.54) is 5.56 Å². The summed E-state index contributed by atoms with van der Waals surface area (Å²) in [7, 11) is 0. The average Bonchev–Trinajstić information content (AvgIpc) is 2.97. The van der Waals surface area contributed by atoms with Gasteiger partial charge in [0.25, 0.3) is 0 Å². The summed E-state index contributed by atoms with van der Waals surface area (Å²) in [6.45, 7) is 5.52. The van der Waals surface area contributed by atoms with Crippen LogP contribution < -0.4 is 0 Å². The Morgan fingerprint density at radius 1 is 1.42 bits per heavy atom. The maximum atomic E-state index is 11.8. The fourth-order valence-electron chi connectivity index (χ4n) is 3.34. The van der Waals surface area contributed by atoms with Gasteiger partial charge in [0.15, 0.2) is 0 Å². The molecule has 2 fully saturated rings. The van der Waals surface area contributed by atoms with E-state index in [0.29, 0.717) is 6.61 Å². The van der Waals surface area contributed by atoms with Gasteiger partial charge in [-0.2, -0.15) is 0 Å². The summed E-state index contributed by atoms with van der Waals surface area (Å²) in [5, 5.41) is 0. The highest BCUT2D eigenvalue weighted by Crippen LogP contribution is 2.59. The maximum Gasteiger partial charge on any atom is 0.309 e. The zero-order valence-corrected chi connectivity index (χ0v) is 11.5. The first-order chi connectivity index (χ1) is 9.23. The minimum atomic E-state index is 0.0176. The molecule has 1 aromatic carbocycles. The van der Waals surface area contributed by atoms with Crippen molar-refractivity contribution >= 4 is 5.97 Å². The lowest BCUT2D eigenvalue weighted by molar-refractivity contribution is -0.145. The fourth-order valence-corrected chi connectivity index (χ4v) is 3.34. The Labute approximate surface area is 114 Å². The van der Waals surface area contributed by atoms with E-state index in [1.54, 1.807) is 0 Å². The van der Waals surface area contributed by atoms with Crippen LogP contribution in [0, 0.1) is 11.3 Å². The van der Waals surface area contributed by atoms with Crippen LogP contribution in [0.5, 0.6) is 0 Å². The lowest BCUT2D eigenvalue weighted by Gasteiger charge is -2.16. The van der Waals surface area contributed by atoms with Crippen LogP contribution in [0.25, 0.3) is 0 Å². The first-order valence-corrected chi connectivity index (χ1v) is 7.16. The van der Waals surface area contributed by atoms with Gasteiger partial charge < -0.3 is 4.74 Å². The van der Waals surface area contributed by atoms with Crippen molar-refractivity contribution in [1.82, 2.24) is 4.90 Å². The predicted molar refractivity (Wildman–Crippen MR) is 73.5 cm³/mol. The molecule has 2 aliphatic rings. The molecule has 102 valence electrons. The third-order valence-electron chi connectivity index (χ3n) is 4.47. The van der Waals surface area contributed by atoms with Crippen molar-refractivity contribution in [2.24, 2.45) is 11.3 Å². The summed E-state index contributed by atoms with van der Waals surface area (Å²) in [6, 6.07) is 10.5. The molecule has 0 bridgehead atoms. The van der Waals surface area contributed by atoms with E-state index < -0.39 is 0 Å². The van der Waals surface area contributed by atoms with Crippen LogP contribution in [0.2, 0.25) is 0 Å². The number of hydrogen-bond donors (Lipinski definition) is 0. The molecule has 3 nitrogen and oxygen atoms in total. The number of carbonyl (C=O) groups is 1. The van der Waals surface area contributed by atoms with Crippen molar-refractivity contribution < 1.29 is 9.53 Å². The molecule has 1 saturated carbocycles. The lowest BCUT2D eigenvalue weighted by Crippen LogP contribution is -2.22. The Balaban J connectivity index is 1.56. The normalized spacial score (nSPS) is 29.6. The Kier molecular flexibility index (Phi) is 3.31. The first kappa shape index (κ1) is 12.7. The van der Waals surface area contributed by atoms with Crippen molar-refractivity contribution in [3.63, 3.8) is 0 Å². The topological polar surface area (TPSA) is 29.5 Å². The maximum absolute atomic E-state index is 11.8. The molecule has 0 N–H and O–H groups in total. The minimum absolute atomic E-state index is 0.0176. The van der Waals surface area contributed by atoms with E-state index in [9.17, 15) is 4.79 Å². The predicted octanol–water partition coefficient (Wildman–Crippen LogP) is 2.46. The summed E-state index contributed by atoms with van der Waals surface area (Å²) < 4.78 is 5.15. The second-order valence-corrected chi connectivity index (χ2v) is 5.82. The largest absolute Gasteiger partial charge is 0.466 e. The summed E-state index contributed by atoms with van der Waals surface area (Å²) >= 11 is 0. The molecule has 0 aromatic heterocycles.